The highest BCUT2D eigenvalue weighted by Gasteiger charge is 2.19. The van der Waals surface area contributed by atoms with Crippen molar-refractivity contribution in [3.8, 4) is 0 Å². The quantitative estimate of drug-likeness (QED) is 0.0261. The maximum atomic E-state index is 12.8. The van der Waals surface area contributed by atoms with Crippen molar-refractivity contribution in [2.24, 2.45) is 0 Å². The van der Waals surface area contributed by atoms with E-state index in [-0.39, 0.29) is 31.1 Å². The topological polar surface area (TPSA) is 78.9 Å². The molecule has 0 aromatic rings. The van der Waals surface area contributed by atoms with Crippen molar-refractivity contribution in [1.29, 1.82) is 0 Å². The molecule has 0 aliphatic rings. The standard InChI is InChI=1S/C65H124O6/c1-4-7-10-13-16-18-20-22-24-26-27-28-29-30-31-32-33-34-35-36-37-39-40-42-44-46-49-52-55-58-64(67)70-61-62(60-69-63(66)57-54-51-48-15-12-9-6-3)71-65(68)59-56-53-50-47-45-43-41-38-25-23-21-19-17-14-11-8-5-2/h23,25,62H,4-22,24,26-61H2,1-3H3/b25-23-. The van der Waals surface area contributed by atoms with Gasteiger partial charge in [-0.1, -0.05) is 315 Å². The van der Waals surface area contributed by atoms with Crippen LogP contribution >= 0.6 is 0 Å². The summed E-state index contributed by atoms with van der Waals surface area (Å²) >= 11 is 0. The fraction of sp³-hybridized carbons (Fsp3) is 0.923. The predicted molar refractivity (Wildman–Crippen MR) is 307 cm³/mol. The highest BCUT2D eigenvalue weighted by atomic mass is 16.6. The molecule has 6 nitrogen and oxygen atoms in total. The molecule has 1 unspecified atom stereocenters. The van der Waals surface area contributed by atoms with E-state index in [1.165, 1.54) is 270 Å². The molecular weight excluding hydrogens is 877 g/mol. The number of allylic oxidation sites excluding steroid dienone is 2. The molecule has 0 N–H and O–H groups in total. The van der Waals surface area contributed by atoms with Gasteiger partial charge in [0.05, 0.1) is 0 Å². The fourth-order valence-corrected chi connectivity index (χ4v) is 9.91. The lowest BCUT2D eigenvalue weighted by Crippen LogP contribution is -2.30. The summed E-state index contributed by atoms with van der Waals surface area (Å²) in [6.45, 7) is 6.65. The van der Waals surface area contributed by atoms with Gasteiger partial charge in [0.15, 0.2) is 6.10 Å². The Morgan fingerprint density at radius 3 is 0.704 bits per heavy atom. The molecule has 0 fully saturated rings. The van der Waals surface area contributed by atoms with E-state index >= 15 is 0 Å². The average molecular weight is 1000 g/mol. The minimum Gasteiger partial charge on any atom is -0.462 e. The van der Waals surface area contributed by atoms with E-state index in [0.29, 0.717) is 19.3 Å². The molecule has 0 aromatic carbocycles. The van der Waals surface area contributed by atoms with Crippen LogP contribution in [0.1, 0.15) is 367 Å². The van der Waals surface area contributed by atoms with Crippen LogP contribution in [0.3, 0.4) is 0 Å². The first-order chi connectivity index (χ1) is 35.0. The summed E-state index contributed by atoms with van der Waals surface area (Å²) in [6.07, 6.45) is 71.2. The smallest absolute Gasteiger partial charge is 0.306 e. The largest absolute Gasteiger partial charge is 0.462 e. The van der Waals surface area contributed by atoms with Gasteiger partial charge in [-0.25, -0.2) is 0 Å². The van der Waals surface area contributed by atoms with Gasteiger partial charge < -0.3 is 14.2 Å². The molecule has 0 rings (SSSR count). The molecule has 6 heteroatoms. The number of esters is 3. The number of carbonyl (C=O) groups is 3. The van der Waals surface area contributed by atoms with Gasteiger partial charge in [0.25, 0.3) is 0 Å². The highest BCUT2D eigenvalue weighted by molar-refractivity contribution is 5.71. The first kappa shape index (κ1) is 69.2. The lowest BCUT2D eigenvalue weighted by Gasteiger charge is -2.18. The molecule has 0 heterocycles. The lowest BCUT2D eigenvalue weighted by atomic mass is 10.0. The molecule has 0 aliphatic heterocycles. The normalized spacial score (nSPS) is 12.0. The zero-order valence-electron chi connectivity index (χ0n) is 48.3. The van der Waals surface area contributed by atoms with E-state index < -0.39 is 6.10 Å². The van der Waals surface area contributed by atoms with Crippen LogP contribution in [0.2, 0.25) is 0 Å². The van der Waals surface area contributed by atoms with Gasteiger partial charge in [-0.2, -0.15) is 0 Å². The molecule has 0 amide bonds. The van der Waals surface area contributed by atoms with E-state index in [1.54, 1.807) is 0 Å². The molecule has 0 radical (unpaired) electrons. The van der Waals surface area contributed by atoms with Crippen molar-refractivity contribution in [3.63, 3.8) is 0 Å². The van der Waals surface area contributed by atoms with Crippen LogP contribution in [0.5, 0.6) is 0 Å². The third kappa shape index (κ3) is 58.9. The second kappa shape index (κ2) is 60.7. The van der Waals surface area contributed by atoms with Crippen molar-refractivity contribution in [2.45, 2.75) is 374 Å². The highest BCUT2D eigenvalue weighted by Crippen LogP contribution is 2.18. The molecule has 0 saturated carbocycles. The van der Waals surface area contributed by atoms with Crippen LogP contribution in [0, 0.1) is 0 Å². The van der Waals surface area contributed by atoms with Crippen molar-refractivity contribution < 1.29 is 28.6 Å². The van der Waals surface area contributed by atoms with Gasteiger partial charge in [0.1, 0.15) is 13.2 Å². The molecule has 420 valence electrons. The third-order valence-electron chi connectivity index (χ3n) is 14.8. The van der Waals surface area contributed by atoms with Gasteiger partial charge in [0.2, 0.25) is 0 Å². The average Bonchev–Trinajstić information content (AvgIpc) is 3.37. The van der Waals surface area contributed by atoms with Gasteiger partial charge >= 0.3 is 17.9 Å². The number of ether oxygens (including phenoxy) is 3. The van der Waals surface area contributed by atoms with Gasteiger partial charge in [-0.15, -0.1) is 0 Å². The molecule has 0 aromatic heterocycles. The Bertz CT molecular complexity index is 1100. The molecule has 71 heavy (non-hydrogen) atoms. The maximum absolute atomic E-state index is 12.8. The van der Waals surface area contributed by atoms with E-state index in [0.717, 1.165) is 57.8 Å². The maximum Gasteiger partial charge on any atom is 0.306 e. The van der Waals surface area contributed by atoms with Crippen LogP contribution in [-0.4, -0.2) is 37.2 Å². The first-order valence-corrected chi connectivity index (χ1v) is 32.2. The SMILES string of the molecule is CCCCCCCC/C=C\CCCCCCCCCC(=O)OC(COC(=O)CCCCCCCCC)COC(=O)CCCCCCCCCCCCCCCCCCCCCCCCCCCCCCC. The molecule has 0 saturated heterocycles. The van der Waals surface area contributed by atoms with Gasteiger partial charge in [-0.05, 0) is 44.9 Å². The number of hydrogen-bond acceptors (Lipinski definition) is 6. The van der Waals surface area contributed by atoms with Crippen LogP contribution in [0.4, 0.5) is 0 Å². The number of rotatable bonds is 60. The number of unbranched alkanes of at least 4 members (excludes halogenated alkanes) is 47. The third-order valence-corrected chi connectivity index (χ3v) is 14.8. The van der Waals surface area contributed by atoms with Crippen LogP contribution in [0.25, 0.3) is 0 Å². The molecule has 0 bridgehead atoms. The minimum absolute atomic E-state index is 0.0664. The summed E-state index contributed by atoms with van der Waals surface area (Å²) in [5.74, 6) is -0.853. The van der Waals surface area contributed by atoms with Crippen LogP contribution in [0.15, 0.2) is 12.2 Å². The Balaban J connectivity index is 4.00. The second-order valence-electron chi connectivity index (χ2n) is 22.0. The Labute approximate surface area is 443 Å². The summed E-state index contributed by atoms with van der Waals surface area (Å²) in [7, 11) is 0. The van der Waals surface area contributed by atoms with Crippen molar-refractivity contribution in [1.82, 2.24) is 0 Å². The summed E-state index contributed by atoms with van der Waals surface area (Å²) in [5, 5.41) is 0. The monoisotopic (exact) mass is 1000 g/mol. The van der Waals surface area contributed by atoms with Gasteiger partial charge in [0, 0.05) is 19.3 Å². The van der Waals surface area contributed by atoms with E-state index in [1.807, 2.05) is 0 Å². The van der Waals surface area contributed by atoms with E-state index in [2.05, 4.69) is 32.9 Å². The predicted octanol–water partition coefficient (Wildman–Crippen LogP) is 21.7. The van der Waals surface area contributed by atoms with E-state index in [4.69, 9.17) is 14.2 Å². The Kier molecular flexibility index (Phi) is 59.1. The minimum atomic E-state index is -0.766. The Morgan fingerprint density at radius 1 is 0.268 bits per heavy atom. The van der Waals surface area contributed by atoms with Crippen molar-refractivity contribution in [2.75, 3.05) is 13.2 Å². The Hall–Kier alpha value is -1.85. The Morgan fingerprint density at radius 2 is 0.465 bits per heavy atom. The first-order valence-electron chi connectivity index (χ1n) is 32.2. The number of hydrogen-bond donors (Lipinski definition) is 0. The van der Waals surface area contributed by atoms with Crippen LogP contribution < -0.4 is 0 Å². The second-order valence-corrected chi connectivity index (χ2v) is 22.0. The van der Waals surface area contributed by atoms with Crippen molar-refractivity contribution in [3.05, 3.63) is 12.2 Å². The zero-order valence-corrected chi connectivity index (χ0v) is 48.3. The molecule has 0 aliphatic carbocycles. The number of carbonyl (C=O) groups excluding carboxylic acids is 3. The summed E-state index contributed by atoms with van der Waals surface area (Å²) in [6, 6.07) is 0. The summed E-state index contributed by atoms with van der Waals surface area (Å²) in [5.41, 5.74) is 0. The fourth-order valence-electron chi connectivity index (χ4n) is 9.91. The van der Waals surface area contributed by atoms with E-state index in [9.17, 15) is 14.4 Å². The van der Waals surface area contributed by atoms with Gasteiger partial charge in [-0.3, -0.25) is 14.4 Å². The molecular formula is C65H124O6. The molecule has 1 atom stereocenters. The summed E-state index contributed by atoms with van der Waals surface area (Å²) < 4.78 is 16.8. The van der Waals surface area contributed by atoms with Crippen molar-refractivity contribution >= 4 is 17.9 Å². The zero-order chi connectivity index (χ0) is 51.4. The summed E-state index contributed by atoms with van der Waals surface area (Å²) in [4.78, 5) is 38.0. The lowest BCUT2D eigenvalue weighted by molar-refractivity contribution is -0.167. The molecule has 0 spiro atoms. The van der Waals surface area contributed by atoms with Crippen LogP contribution in [-0.2, 0) is 28.6 Å².